The van der Waals surface area contributed by atoms with Crippen LogP contribution in [-0.4, -0.2) is 22.3 Å². The zero-order valence-electron chi connectivity index (χ0n) is 14.7. The maximum absolute atomic E-state index is 6.30. The monoisotopic (exact) mass is 350 g/mol. The molecule has 0 bridgehead atoms. The summed E-state index contributed by atoms with van der Waals surface area (Å²) in [6, 6.07) is 17.7. The SMILES string of the molecule is CCC1COC(Cn2ccnc2)(c2ccc(Oc3ccccc3)cc2)O1. The molecule has 4 rings (SSSR count). The number of hydrogen-bond acceptors (Lipinski definition) is 4. The van der Waals surface area contributed by atoms with Crippen molar-refractivity contribution in [3.63, 3.8) is 0 Å². The van der Waals surface area contributed by atoms with E-state index in [4.69, 9.17) is 14.2 Å². The molecule has 0 spiro atoms. The number of rotatable bonds is 6. The molecule has 0 radical (unpaired) electrons. The third-order valence-corrected chi connectivity index (χ3v) is 4.54. The molecule has 1 aromatic heterocycles. The molecule has 1 aliphatic rings. The van der Waals surface area contributed by atoms with Crippen LogP contribution in [0.1, 0.15) is 18.9 Å². The van der Waals surface area contributed by atoms with Gasteiger partial charge < -0.3 is 18.8 Å². The van der Waals surface area contributed by atoms with Gasteiger partial charge in [-0.25, -0.2) is 4.98 Å². The molecule has 1 fully saturated rings. The van der Waals surface area contributed by atoms with Crippen LogP contribution in [0, 0.1) is 0 Å². The van der Waals surface area contributed by atoms with Gasteiger partial charge in [-0.15, -0.1) is 0 Å². The Morgan fingerprint density at radius 3 is 2.54 bits per heavy atom. The zero-order valence-corrected chi connectivity index (χ0v) is 14.7. The standard InChI is InChI=1S/C21H22N2O3/c1-2-18-14-24-21(26-18,15-23-13-12-22-16-23)17-8-10-20(11-9-17)25-19-6-4-3-5-7-19/h3-13,16,18H,2,14-15H2,1H3. The second-order valence-electron chi connectivity index (χ2n) is 6.39. The van der Waals surface area contributed by atoms with Crippen LogP contribution >= 0.6 is 0 Å². The summed E-state index contributed by atoms with van der Waals surface area (Å²) in [6.07, 6.45) is 6.47. The number of ether oxygens (including phenoxy) is 3. The van der Waals surface area contributed by atoms with E-state index in [9.17, 15) is 0 Å². The summed E-state index contributed by atoms with van der Waals surface area (Å²) in [4.78, 5) is 4.12. The van der Waals surface area contributed by atoms with Gasteiger partial charge in [-0.3, -0.25) is 0 Å². The van der Waals surface area contributed by atoms with E-state index >= 15 is 0 Å². The highest BCUT2D eigenvalue weighted by Crippen LogP contribution is 2.37. The predicted octanol–water partition coefficient (Wildman–Crippen LogP) is 4.35. The number of hydrogen-bond donors (Lipinski definition) is 0. The van der Waals surface area contributed by atoms with Crippen LogP contribution in [0.4, 0.5) is 0 Å². The first kappa shape index (κ1) is 16.8. The van der Waals surface area contributed by atoms with Gasteiger partial charge >= 0.3 is 0 Å². The van der Waals surface area contributed by atoms with E-state index in [1.807, 2.05) is 65.4 Å². The first-order valence-electron chi connectivity index (χ1n) is 8.88. The number of imidazole rings is 1. The Bertz CT molecular complexity index is 818. The van der Waals surface area contributed by atoms with Crippen molar-refractivity contribution in [3.05, 3.63) is 78.9 Å². The first-order valence-corrected chi connectivity index (χ1v) is 8.88. The number of aromatic nitrogens is 2. The van der Waals surface area contributed by atoms with E-state index in [-0.39, 0.29) is 6.10 Å². The van der Waals surface area contributed by atoms with Crippen molar-refractivity contribution in [2.75, 3.05) is 6.61 Å². The lowest BCUT2D eigenvalue weighted by atomic mass is 10.1. The quantitative estimate of drug-likeness (QED) is 0.663. The smallest absolute Gasteiger partial charge is 0.213 e. The van der Waals surface area contributed by atoms with E-state index in [2.05, 4.69) is 11.9 Å². The minimum absolute atomic E-state index is 0.0961. The summed E-state index contributed by atoms with van der Waals surface area (Å²) in [5, 5.41) is 0. The van der Waals surface area contributed by atoms with E-state index in [0.717, 1.165) is 23.5 Å². The molecule has 5 heteroatoms. The van der Waals surface area contributed by atoms with Crippen molar-refractivity contribution in [3.8, 4) is 11.5 Å². The average Bonchev–Trinajstić information content (AvgIpc) is 3.34. The molecule has 1 saturated heterocycles. The molecular weight excluding hydrogens is 328 g/mol. The Hall–Kier alpha value is -2.63. The van der Waals surface area contributed by atoms with Gasteiger partial charge in [0.2, 0.25) is 5.79 Å². The Labute approximate surface area is 153 Å². The van der Waals surface area contributed by atoms with Gasteiger partial charge in [-0.1, -0.05) is 25.1 Å². The first-order chi connectivity index (χ1) is 12.8. The fraction of sp³-hybridized carbons (Fsp3) is 0.286. The maximum atomic E-state index is 6.30. The second-order valence-corrected chi connectivity index (χ2v) is 6.39. The summed E-state index contributed by atoms with van der Waals surface area (Å²) in [7, 11) is 0. The Morgan fingerprint density at radius 1 is 1.12 bits per heavy atom. The third kappa shape index (κ3) is 3.49. The molecule has 0 N–H and O–H groups in total. The summed E-state index contributed by atoms with van der Waals surface area (Å²) in [6.45, 7) is 3.26. The normalized spacial score (nSPS) is 22.4. The lowest BCUT2D eigenvalue weighted by Crippen LogP contribution is -2.33. The largest absolute Gasteiger partial charge is 0.457 e. The fourth-order valence-electron chi connectivity index (χ4n) is 3.11. The third-order valence-electron chi connectivity index (χ3n) is 4.54. The van der Waals surface area contributed by atoms with Crippen molar-refractivity contribution in [2.24, 2.45) is 0 Å². The van der Waals surface area contributed by atoms with E-state index < -0.39 is 5.79 Å². The van der Waals surface area contributed by atoms with Crippen LogP contribution in [0.2, 0.25) is 0 Å². The van der Waals surface area contributed by atoms with E-state index in [1.54, 1.807) is 12.5 Å². The van der Waals surface area contributed by atoms with Gasteiger partial charge in [0.1, 0.15) is 11.5 Å². The van der Waals surface area contributed by atoms with E-state index in [1.165, 1.54) is 0 Å². The molecule has 0 saturated carbocycles. The zero-order chi connectivity index (χ0) is 17.8. The molecule has 134 valence electrons. The van der Waals surface area contributed by atoms with Gasteiger partial charge in [0, 0.05) is 18.0 Å². The van der Waals surface area contributed by atoms with Crippen LogP contribution in [-0.2, 0) is 21.8 Å². The predicted molar refractivity (Wildman–Crippen MR) is 98.0 cm³/mol. The highest BCUT2D eigenvalue weighted by Gasteiger charge is 2.43. The number of nitrogens with zero attached hydrogens (tertiary/aromatic N) is 2. The van der Waals surface area contributed by atoms with Gasteiger partial charge in [-0.2, -0.15) is 0 Å². The molecule has 26 heavy (non-hydrogen) atoms. The van der Waals surface area contributed by atoms with Crippen LogP contribution in [0.3, 0.4) is 0 Å². The van der Waals surface area contributed by atoms with Crippen molar-refractivity contribution in [1.82, 2.24) is 9.55 Å². The van der Waals surface area contributed by atoms with Gasteiger partial charge in [0.05, 0.1) is 25.6 Å². The fourth-order valence-corrected chi connectivity index (χ4v) is 3.11. The van der Waals surface area contributed by atoms with Crippen molar-refractivity contribution >= 4 is 0 Å². The van der Waals surface area contributed by atoms with Crippen LogP contribution < -0.4 is 4.74 Å². The molecular formula is C21H22N2O3. The minimum atomic E-state index is -0.799. The van der Waals surface area contributed by atoms with Gasteiger partial charge in [0.25, 0.3) is 0 Å². The summed E-state index contributed by atoms with van der Waals surface area (Å²) in [5.74, 6) is 0.794. The molecule has 0 aliphatic carbocycles. The Morgan fingerprint density at radius 2 is 1.88 bits per heavy atom. The van der Waals surface area contributed by atoms with Crippen molar-refractivity contribution in [2.45, 2.75) is 31.8 Å². The molecule has 2 unspecified atom stereocenters. The Kier molecular flexibility index (Phi) is 4.73. The lowest BCUT2D eigenvalue weighted by Gasteiger charge is -2.29. The second kappa shape index (κ2) is 7.32. The lowest BCUT2D eigenvalue weighted by molar-refractivity contribution is -0.187. The van der Waals surface area contributed by atoms with Crippen molar-refractivity contribution < 1.29 is 14.2 Å². The summed E-state index contributed by atoms with van der Waals surface area (Å²) >= 11 is 0. The van der Waals surface area contributed by atoms with Gasteiger partial charge in [0.15, 0.2) is 0 Å². The highest BCUT2D eigenvalue weighted by molar-refractivity contribution is 5.34. The number of benzene rings is 2. The molecule has 3 aromatic rings. The van der Waals surface area contributed by atoms with Crippen LogP contribution in [0.15, 0.2) is 73.3 Å². The van der Waals surface area contributed by atoms with Crippen LogP contribution in [0.5, 0.6) is 11.5 Å². The summed E-state index contributed by atoms with van der Waals surface area (Å²) < 4.78 is 20.3. The molecule has 2 atom stereocenters. The topological polar surface area (TPSA) is 45.5 Å². The molecule has 0 amide bonds. The van der Waals surface area contributed by atoms with E-state index in [0.29, 0.717) is 13.2 Å². The number of para-hydroxylation sites is 1. The van der Waals surface area contributed by atoms with Gasteiger partial charge in [-0.05, 0) is 42.8 Å². The molecule has 2 heterocycles. The molecule has 2 aromatic carbocycles. The summed E-state index contributed by atoms with van der Waals surface area (Å²) in [5.41, 5.74) is 0.975. The molecule has 5 nitrogen and oxygen atoms in total. The van der Waals surface area contributed by atoms with Crippen LogP contribution in [0.25, 0.3) is 0 Å². The minimum Gasteiger partial charge on any atom is -0.457 e. The highest BCUT2D eigenvalue weighted by atomic mass is 16.7. The van der Waals surface area contributed by atoms with Crippen molar-refractivity contribution in [1.29, 1.82) is 0 Å². The molecule has 1 aliphatic heterocycles. The Balaban J connectivity index is 1.57. The average molecular weight is 350 g/mol. The maximum Gasteiger partial charge on any atom is 0.213 e.